The van der Waals surface area contributed by atoms with Gasteiger partial charge in [-0.15, -0.1) is 5.48 Å². The average molecular weight is 341 g/mol. The third kappa shape index (κ3) is 3.56. The largest absolute Gasteiger partial charge is 0.404 e. The molecule has 1 aliphatic carbocycles. The van der Waals surface area contributed by atoms with Gasteiger partial charge in [-0.05, 0) is 29.5 Å². The molecule has 0 aromatic heterocycles. The lowest BCUT2D eigenvalue weighted by atomic mass is 10.0. The predicted molar refractivity (Wildman–Crippen MR) is 97.0 cm³/mol. The van der Waals surface area contributed by atoms with Crippen LogP contribution >= 0.6 is 0 Å². The zero-order valence-corrected chi connectivity index (χ0v) is 14.5. The number of hydrogen-bond acceptors (Lipinski definition) is 6. The standard InChI is InChI=1S/C18H23N5O2/c1-3-16-22-17(23-25-16)12-4-6-14-11(8-12)5-7-15(14)21-18(24)13(9-19)10-20-2/h4,6,8-10,15,17,23H,3,5,7,19H2,1-2H3,(H,21,24). The van der Waals surface area contributed by atoms with Crippen LogP contribution in [0, 0.1) is 0 Å². The molecule has 2 aliphatic rings. The summed E-state index contributed by atoms with van der Waals surface area (Å²) in [6.45, 7) is 2.01. The van der Waals surface area contributed by atoms with Crippen LogP contribution in [-0.4, -0.2) is 25.1 Å². The van der Waals surface area contributed by atoms with Crippen molar-refractivity contribution in [3.8, 4) is 0 Å². The van der Waals surface area contributed by atoms with Crippen molar-refractivity contribution in [1.29, 1.82) is 0 Å². The van der Waals surface area contributed by atoms with Crippen LogP contribution < -0.4 is 16.5 Å². The first-order valence-corrected chi connectivity index (χ1v) is 8.43. The van der Waals surface area contributed by atoms with E-state index in [9.17, 15) is 4.79 Å². The SMILES string of the molecule is CCC1=NC(c2ccc3c(c2)CCC3NC(=O)C(C=NC)=CN)NO1. The molecule has 2 atom stereocenters. The molecule has 0 fully saturated rings. The number of rotatable bonds is 5. The van der Waals surface area contributed by atoms with Crippen molar-refractivity contribution in [2.75, 3.05) is 7.05 Å². The van der Waals surface area contributed by atoms with Crippen molar-refractivity contribution in [3.63, 3.8) is 0 Å². The zero-order chi connectivity index (χ0) is 17.8. The van der Waals surface area contributed by atoms with Gasteiger partial charge in [0.25, 0.3) is 5.91 Å². The Balaban J connectivity index is 1.74. The first-order valence-electron chi connectivity index (χ1n) is 8.43. The Kier molecular flexibility index (Phi) is 5.14. The van der Waals surface area contributed by atoms with Crippen LogP contribution in [0.5, 0.6) is 0 Å². The topological polar surface area (TPSA) is 101 Å². The normalized spacial score (nSPS) is 22.6. The molecule has 0 saturated heterocycles. The number of amides is 1. The summed E-state index contributed by atoms with van der Waals surface area (Å²) in [5.41, 5.74) is 12.2. The van der Waals surface area contributed by atoms with Crippen molar-refractivity contribution >= 4 is 18.0 Å². The second kappa shape index (κ2) is 7.48. The van der Waals surface area contributed by atoms with E-state index >= 15 is 0 Å². The van der Waals surface area contributed by atoms with Crippen LogP contribution in [0.15, 0.2) is 40.0 Å². The summed E-state index contributed by atoms with van der Waals surface area (Å²) in [5, 5.41) is 3.03. The number of nitrogens with one attached hydrogen (secondary N) is 2. The minimum atomic E-state index is -0.210. The lowest BCUT2D eigenvalue weighted by Crippen LogP contribution is -2.29. The van der Waals surface area contributed by atoms with Gasteiger partial charge in [-0.25, -0.2) is 4.99 Å². The molecule has 1 heterocycles. The quantitative estimate of drug-likeness (QED) is 0.560. The van der Waals surface area contributed by atoms with Crippen molar-refractivity contribution in [2.24, 2.45) is 15.7 Å². The first-order chi connectivity index (χ1) is 12.2. The number of hydrogen-bond donors (Lipinski definition) is 3. The van der Waals surface area contributed by atoms with E-state index in [4.69, 9.17) is 10.6 Å². The average Bonchev–Trinajstić information content (AvgIpc) is 3.26. The van der Waals surface area contributed by atoms with Crippen LogP contribution in [0.3, 0.4) is 0 Å². The maximum Gasteiger partial charge on any atom is 0.254 e. The lowest BCUT2D eigenvalue weighted by molar-refractivity contribution is -0.117. The Bertz CT molecular complexity index is 754. The first kappa shape index (κ1) is 17.2. The number of carbonyl (C=O) groups excluding carboxylic acids is 1. The Labute approximate surface area is 147 Å². The number of carbonyl (C=O) groups is 1. The monoisotopic (exact) mass is 341 g/mol. The smallest absolute Gasteiger partial charge is 0.254 e. The third-order valence-electron chi connectivity index (χ3n) is 4.44. The minimum absolute atomic E-state index is 0.0146. The molecule has 1 aliphatic heterocycles. The summed E-state index contributed by atoms with van der Waals surface area (Å²) in [5.74, 6) is 0.507. The van der Waals surface area contributed by atoms with Crippen LogP contribution in [0.25, 0.3) is 0 Å². The van der Waals surface area contributed by atoms with Gasteiger partial charge in [0, 0.05) is 25.9 Å². The number of benzene rings is 1. The minimum Gasteiger partial charge on any atom is -0.404 e. The van der Waals surface area contributed by atoms with Gasteiger partial charge in [-0.2, -0.15) is 0 Å². The highest BCUT2D eigenvalue weighted by molar-refractivity contribution is 6.12. The number of hydroxylamine groups is 1. The van der Waals surface area contributed by atoms with Crippen LogP contribution in [0.2, 0.25) is 0 Å². The Morgan fingerprint density at radius 2 is 2.40 bits per heavy atom. The van der Waals surface area contributed by atoms with Gasteiger partial charge >= 0.3 is 0 Å². The van der Waals surface area contributed by atoms with Gasteiger partial charge < -0.3 is 15.9 Å². The maximum atomic E-state index is 12.3. The molecule has 7 nitrogen and oxygen atoms in total. The van der Waals surface area contributed by atoms with E-state index in [0.717, 1.165) is 30.4 Å². The zero-order valence-electron chi connectivity index (χ0n) is 14.5. The summed E-state index contributed by atoms with van der Waals surface area (Å²) >= 11 is 0. The number of nitrogens with zero attached hydrogens (tertiary/aromatic N) is 2. The molecule has 1 aromatic carbocycles. The molecule has 7 heteroatoms. The van der Waals surface area contributed by atoms with Crippen LogP contribution in [0.1, 0.15) is 48.7 Å². The van der Waals surface area contributed by atoms with Gasteiger partial charge in [0.1, 0.15) is 0 Å². The van der Waals surface area contributed by atoms with Gasteiger partial charge in [0.2, 0.25) is 5.90 Å². The fraction of sp³-hybridized carbons (Fsp3) is 0.389. The van der Waals surface area contributed by atoms with E-state index < -0.39 is 0 Å². The molecular formula is C18H23N5O2. The number of aryl methyl sites for hydroxylation is 1. The Morgan fingerprint density at radius 1 is 1.56 bits per heavy atom. The predicted octanol–water partition coefficient (Wildman–Crippen LogP) is 1.68. The number of fused-ring (bicyclic) bond motifs is 1. The van der Waals surface area contributed by atoms with Gasteiger partial charge in [-0.1, -0.05) is 25.1 Å². The van der Waals surface area contributed by atoms with E-state index in [1.165, 1.54) is 18.0 Å². The molecule has 3 rings (SSSR count). The number of aliphatic imine (C=N–C) groups is 2. The summed E-state index contributed by atoms with van der Waals surface area (Å²) in [4.78, 5) is 26.0. The van der Waals surface area contributed by atoms with Crippen molar-refractivity contribution in [3.05, 3.63) is 46.7 Å². The van der Waals surface area contributed by atoms with E-state index in [1.807, 2.05) is 13.0 Å². The highest BCUT2D eigenvalue weighted by Gasteiger charge is 2.27. The molecule has 0 bridgehead atoms. The molecule has 132 valence electrons. The van der Waals surface area contributed by atoms with Gasteiger partial charge in [0.15, 0.2) is 6.17 Å². The molecular weight excluding hydrogens is 318 g/mol. The summed E-state index contributed by atoms with van der Waals surface area (Å²) in [7, 11) is 1.61. The van der Waals surface area contributed by atoms with Crippen molar-refractivity contribution in [2.45, 2.75) is 38.4 Å². The molecule has 0 radical (unpaired) electrons. The Hall–Kier alpha value is -2.67. The van der Waals surface area contributed by atoms with Crippen molar-refractivity contribution in [1.82, 2.24) is 10.8 Å². The second-order valence-corrected chi connectivity index (χ2v) is 6.03. The van der Waals surface area contributed by atoms with E-state index in [0.29, 0.717) is 11.5 Å². The molecule has 0 saturated carbocycles. The third-order valence-corrected chi connectivity index (χ3v) is 4.44. The highest BCUT2D eigenvalue weighted by atomic mass is 16.7. The molecule has 1 aromatic rings. The van der Waals surface area contributed by atoms with E-state index in [1.54, 1.807) is 7.05 Å². The highest BCUT2D eigenvalue weighted by Crippen LogP contribution is 2.33. The molecule has 4 N–H and O–H groups in total. The van der Waals surface area contributed by atoms with E-state index in [2.05, 4.69) is 32.9 Å². The van der Waals surface area contributed by atoms with Crippen LogP contribution in [0.4, 0.5) is 0 Å². The van der Waals surface area contributed by atoms with Gasteiger partial charge in [0.05, 0.1) is 11.6 Å². The summed E-state index contributed by atoms with van der Waals surface area (Å²) in [6.07, 6.45) is 5.11. The Morgan fingerprint density at radius 3 is 3.08 bits per heavy atom. The lowest BCUT2D eigenvalue weighted by Gasteiger charge is -2.15. The molecule has 2 unspecified atom stereocenters. The van der Waals surface area contributed by atoms with E-state index in [-0.39, 0.29) is 18.1 Å². The summed E-state index contributed by atoms with van der Waals surface area (Å²) in [6, 6.07) is 6.21. The van der Waals surface area contributed by atoms with Crippen molar-refractivity contribution < 1.29 is 9.63 Å². The fourth-order valence-electron chi connectivity index (χ4n) is 3.14. The number of nitrogens with two attached hydrogens (primary N) is 1. The fourth-order valence-corrected chi connectivity index (χ4v) is 3.14. The summed E-state index contributed by atoms with van der Waals surface area (Å²) < 4.78 is 0. The van der Waals surface area contributed by atoms with Gasteiger partial charge in [-0.3, -0.25) is 9.79 Å². The molecule has 25 heavy (non-hydrogen) atoms. The molecule has 1 amide bonds. The molecule has 0 spiro atoms. The maximum absolute atomic E-state index is 12.3. The second-order valence-electron chi connectivity index (χ2n) is 6.03. The van der Waals surface area contributed by atoms with Crippen LogP contribution in [-0.2, 0) is 16.1 Å².